The average Bonchev–Trinajstić information content (AvgIpc) is 3.09. The van der Waals surface area contributed by atoms with E-state index in [1.807, 2.05) is 0 Å². The lowest BCUT2D eigenvalue weighted by Crippen LogP contribution is -2.38. The summed E-state index contributed by atoms with van der Waals surface area (Å²) in [6, 6.07) is 0. The molecule has 0 aliphatic heterocycles. The van der Waals surface area contributed by atoms with Gasteiger partial charge in [-0.05, 0) is 64.3 Å². The van der Waals surface area contributed by atoms with Crippen LogP contribution in [-0.4, -0.2) is 32.0 Å². The van der Waals surface area contributed by atoms with Gasteiger partial charge in [-0.1, -0.05) is 13.8 Å². The smallest absolute Gasteiger partial charge is 0.155 e. The minimum Gasteiger partial charge on any atom is -0.316 e. The monoisotopic (exact) mass is 289 g/mol. The fraction of sp³-hybridized carbons (Fsp3) is 1.00. The number of hydrogen-bond acceptors (Lipinski definition) is 3. The predicted molar refractivity (Wildman–Crippen MR) is 82.1 cm³/mol. The lowest BCUT2D eigenvalue weighted by atomic mass is 9.82. The predicted octanol–water partition coefficient (Wildman–Crippen LogP) is 3.01. The molecule has 3 nitrogen and oxygen atoms in total. The minimum atomic E-state index is -3.00. The van der Waals surface area contributed by atoms with Crippen LogP contribution in [0.4, 0.5) is 0 Å². The van der Waals surface area contributed by atoms with Crippen LogP contribution < -0.4 is 5.32 Å². The molecule has 0 aromatic rings. The SMILES string of the molecule is CCCNCC(C)(CCS(=O)(=O)C(C)(C)C)C1CC1. The lowest BCUT2D eigenvalue weighted by molar-refractivity contribution is 0.248. The van der Waals surface area contributed by atoms with Crippen LogP contribution in [0, 0.1) is 11.3 Å². The molecule has 1 atom stereocenters. The summed E-state index contributed by atoms with van der Waals surface area (Å²) in [5, 5.41) is 3.48. The van der Waals surface area contributed by atoms with Crippen molar-refractivity contribution in [3.63, 3.8) is 0 Å². The van der Waals surface area contributed by atoms with Gasteiger partial charge in [0.15, 0.2) is 9.84 Å². The van der Waals surface area contributed by atoms with E-state index < -0.39 is 14.6 Å². The summed E-state index contributed by atoms with van der Waals surface area (Å²) in [6.07, 6.45) is 4.44. The third-order valence-corrected chi connectivity index (χ3v) is 7.00. The molecule has 1 fully saturated rings. The molecule has 0 saturated heterocycles. The van der Waals surface area contributed by atoms with Crippen molar-refractivity contribution in [2.75, 3.05) is 18.8 Å². The molecule has 0 spiro atoms. The van der Waals surface area contributed by atoms with E-state index in [2.05, 4.69) is 19.2 Å². The fourth-order valence-electron chi connectivity index (χ4n) is 2.44. The van der Waals surface area contributed by atoms with Crippen LogP contribution in [0.5, 0.6) is 0 Å². The molecule has 0 bridgehead atoms. The summed E-state index contributed by atoms with van der Waals surface area (Å²) in [5.74, 6) is 1.03. The average molecular weight is 289 g/mol. The Bertz CT molecular complexity index is 379. The first-order valence-electron chi connectivity index (χ1n) is 7.55. The van der Waals surface area contributed by atoms with Gasteiger partial charge in [0.25, 0.3) is 0 Å². The Balaban J connectivity index is 2.60. The summed E-state index contributed by atoms with van der Waals surface area (Å²) < 4.78 is 23.9. The van der Waals surface area contributed by atoms with Gasteiger partial charge < -0.3 is 5.32 Å². The molecular formula is C15H31NO2S. The van der Waals surface area contributed by atoms with Gasteiger partial charge in [0, 0.05) is 6.54 Å². The summed E-state index contributed by atoms with van der Waals surface area (Å²) in [4.78, 5) is 0. The second-order valence-electron chi connectivity index (χ2n) is 7.29. The van der Waals surface area contributed by atoms with E-state index in [4.69, 9.17) is 0 Å². The van der Waals surface area contributed by atoms with Crippen LogP contribution in [0.15, 0.2) is 0 Å². The highest BCUT2D eigenvalue weighted by Crippen LogP contribution is 2.47. The van der Waals surface area contributed by atoms with Gasteiger partial charge in [0.05, 0.1) is 10.5 Å². The summed E-state index contributed by atoms with van der Waals surface area (Å²) in [7, 11) is -3.00. The molecule has 1 saturated carbocycles. The molecule has 1 unspecified atom stereocenters. The van der Waals surface area contributed by atoms with Crippen LogP contribution in [0.2, 0.25) is 0 Å². The van der Waals surface area contributed by atoms with Gasteiger partial charge >= 0.3 is 0 Å². The van der Waals surface area contributed by atoms with Gasteiger partial charge in [0.2, 0.25) is 0 Å². The molecule has 1 rings (SSSR count). The molecule has 19 heavy (non-hydrogen) atoms. The molecule has 0 radical (unpaired) electrons. The largest absolute Gasteiger partial charge is 0.316 e. The summed E-state index contributed by atoms with van der Waals surface area (Å²) in [6.45, 7) is 11.8. The van der Waals surface area contributed by atoms with Gasteiger partial charge in [0.1, 0.15) is 0 Å². The quantitative estimate of drug-likeness (QED) is 0.699. The third kappa shape index (κ3) is 4.75. The van der Waals surface area contributed by atoms with Crippen LogP contribution in [0.1, 0.15) is 60.3 Å². The number of hydrogen-bond donors (Lipinski definition) is 1. The Hall–Kier alpha value is -0.0900. The first-order valence-corrected chi connectivity index (χ1v) is 9.20. The van der Waals surface area contributed by atoms with E-state index in [1.54, 1.807) is 20.8 Å². The molecule has 1 N–H and O–H groups in total. The molecule has 0 aromatic heterocycles. The number of nitrogens with one attached hydrogen (secondary N) is 1. The zero-order valence-electron chi connectivity index (χ0n) is 13.3. The molecule has 0 aromatic carbocycles. The van der Waals surface area contributed by atoms with Crippen LogP contribution in [0.3, 0.4) is 0 Å². The normalized spacial score (nSPS) is 20.3. The molecule has 4 heteroatoms. The van der Waals surface area contributed by atoms with Crippen LogP contribution >= 0.6 is 0 Å². The Morgan fingerprint density at radius 1 is 1.16 bits per heavy atom. The first kappa shape index (κ1) is 17.0. The highest BCUT2D eigenvalue weighted by Gasteiger charge is 2.42. The second-order valence-corrected chi connectivity index (χ2v) is 10.1. The second kappa shape index (κ2) is 6.13. The summed E-state index contributed by atoms with van der Waals surface area (Å²) in [5.41, 5.74) is 0.146. The van der Waals surface area contributed by atoms with E-state index in [0.717, 1.165) is 25.9 Å². The van der Waals surface area contributed by atoms with Crippen LogP contribution in [-0.2, 0) is 9.84 Å². The van der Waals surface area contributed by atoms with E-state index in [9.17, 15) is 8.42 Å². The number of sulfone groups is 1. The van der Waals surface area contributed by atoms with Crippen molar-refractivity contribution < 1.29 is 8.42 Å². The highest BCUT2D eigenvalue weighted by molar-refractivity contribution is 7.92. The van der Waals surface area contributed by atoms with Crippen molar-refractivity contribution in [1.82, 2.24) is 5.32 Å². The van der Waals surface area contributed by atoms with Gasteiger partial charge in [-0.25, -0.2) is 8.42 Å². The van der Waals surface area contributed by atoms with Crippen molar-refractivity contribution in [1.29, 1.82) is 0 Å². The van der Waals surface area contributed by atoms with Gasteiger partial charge in [-0.15, -0.1) is 0 Å². The Kier molecular flexibility index (Phi) is 5.47. The maximum Gasteiger partial charge on any atom is 0.155 e. The Morgan fingerprint density at radius 2 is 1.74 bits per heavy atom. The maximum atomic E-state index is 12.3. The molecule has 114 valence electrons. The number of rotatable bonds is 8. The molecule has 1 aliphatic carbocycles. The maximum absolute atomic E-state index is 12.3. The first-order chi connectivity index (χ1) is 8.62. The highest BCUT2D eigenvalue weighted by atomic mass is 32.2. The zero-order chi connectivity index (χ0) is 14.7. The topological polar surface area (TPSA) is 46.2 Å². The van der Waals surface area contributed by atoms with E-state index in [0.29, 0.717) is 11.7 Å². The summed E-state index contributed by atoms with van der Waals surface area (Å²) >= 11 is 0. The van der Waals surface area contributed by atoms with E-state index in [-0.39, 0.29) is 5.41 Å². The van der Waals surface area contributed by atoms with E-state index in [1.165, 1.54) is 12.8 Å². The van der Waals surface area contributed by atoms with Crippen molar-refractivity contribution >= 4 is 9.84 Å². The molecule has 1 aliphatic rings. The Morgan fingerprint density at radius 3 is 2.16 bits per heavy atom. The third-order valence-electron chi connectivity index (χ3n) is 4.39. The Labute approximate surface area is 119 Å². The standard InChI is InChI=1S/C15H31NO2S/c1-6-10-16-12-15(5,13-7-8-13)9-11-19(17,18)14(2,3)4/h13,16H,6-12H2,1-5H3. The van der Waals surface area contributed by atoms with Gasteiger partial charge in [-0.2, -0.15) is 0 Å². The fourth-order valence-corrected chi connectivity index (χ4v) is 3.79. The van der Waals surface area contributed by atoms with Crippen molar-refractivity contribution in [2.24, 2.45) is 11.3 Å². The zero-order valence-corrected chi connectivity index (χ0v) is 14.1. The molecule has 0 heterocycles. The van der Waals surface area contributed by atoms with Crippen molar-refractivity contribution in [3.05, 3.63) is 0 Å². The van der Waals surface area contributed by atoms with E-state index >= 15 is 0 Å². The molecular weight excluding hydrogens is 258 g/mol. The van der Waals surface area contributed by atoms with Crippen LogP contribution in [0.25, 0.3) is 0 Å². The van der Waals surface area contributed by atoms with Crippen molar-refractivity contribution in [3.8, 4) is 0 Å². The van der Waals surface area contributed by atoms with Gasteiger partial charge in [-0.3, -0.25) is 0 Å². The molecule has 0 amide bonds. The lowest BCUT2D eigenvalue weighted by Gasteiger charge is -2.31. The minimum absolute atomic E-state index is 0.146. The van der Waals surface area contributed by atoms with Crippen molar-refractivity contribution in [2.45, 2.75) is 65.0 Å².